The zero-order valence-corrected chi connectivity index (χ0v) is 17.8. The topological polar surface area (TPSA) is 54.9 Å². The predicted molar refractivity (Wildman–Crippen MR) is 109 cm³/mol. The Morgan fingerprint density at radius 2 is 2.00 bits per heavy atom. The molecule has 6 heteroatoms. The molecule has 4 rings (SSSR count). The smallest absolute Gasteiger partial charge is 0.410 e. The Bertz CT molecular complexity index is 741. The second-order valence-electron chi connectivity index (χ2n) is 9.57. The highest BCUT2D eigenvalue weighted by atomic mass is 16.6. The molecular formula is C22H33N3O3. The van der Waals surface area contributed by atoms with Crippen molar-refractivity contribution in [2.45, 2.75) is 77.2 Å². The van der Waals surface area contributed by atoms with Gasteiger partial charge >= 0.3 is 6.09 Å². The van der Waals surface area contributed by atoms with Gasteiger partial charge in [0, 0.05) is 26.2 Å². The van der Waals surface area contributed by atoms with E-state index in [2.05, 4.69) is 24.0 Å². The van der Waals surface area contributed by atoms with Crippen LogP contribution in [-0.4, -0.2) is 53.9 Å². The van der Waals surface area contributed by atoms with Gasteiger partial charge in [0.25, 0.3) is 0 Å². The number of hydrogen-bond donors (Lipinski definition) is 0. The van der Waals surface area contributed by atoms with Gasteiger partial charge in [-0.3, -0.25) is 0 Å². The quantitative estimate of drug-likeness (QED) is 0.786. The molecule has 1 unspecified atom stereocenters. The summed E-state index contributed by atoms with van der Waals surface area (Å²) >= 11 is 0. The maximum Gasteiger partial charge on any atom is 0.410 e. The summed E-state index contributed by atoms with van der Waals surface area (Å²) in [5.74, 6) is 1.68. The monoisotopic (exact) mass is 387 g/mol. The van der Waals surface area contributed by atoms with Gasteiger partial charge < -0.3 is 19.3 Å². The van der Waals surface area contributed by atoms with Crippen LogP contribution in [0.5, 0.6) is 0 Å². The summed E-state index contributed by atoms with van der Waals surface area (Å²) in [7, 11) is 1.79. The lowest BCUT2D eigenvalue weighted by molar-refractivity contribution is 0.0149. The van der Waals surface area contributed by atoms with Gasteiger partial charge in [-0.25, -0.2) is 9.78 Å². The number of methoxy groups -OCH3 is 1. The fraction of sp³-hybridized carbons (Fsp3) is 0.727. The number of piperazine rings is 1. The minimum atomic E-state index is -0.469. The number of rotatable bonds is 3. The number of fused-ring (bicyclic) bond motifs is 3. The highest BCUT2D eigenvalue weighted by molar-refractivity contribution is 5.69. The average Bonchev–Trinajstić information content (AvgIpc) is 2.94. The molecule has 3 aliphatic rings. The minimum absolute atomic E-state index is 0.0939. The predicted octanol–water partition coefficient (Wildman–Crippen LogP) is 3.94. The van der Waals surface area contributed by atoms with Crippen molar-refractivity contribution in [1.29, 1.82) is 0 Å². The van der Waals surface area contributed by atoms with Gasteiger partial charge in [0.1, 0.15) is 17.5 Å². The van der Waals surface area contributed by atoms with Crippen molar-refractivity contribution >= 4 is 11.9 Å². The van der Waals surface area contributed by atoms with E-state index >= 15 is 0 Å². The van der Waals surface area contributed by atoms with E-state index in [1.54, 1.807) is 7.11 Å². The van der Waals surface area contributed by atoms with Crippen LogP contribution < -0.4 is 4.90 Å². The van der Waals surface area contributed by atoms with Crippen LogP contribution in [0.25, 0.3) is 0 Å². The fourth-order valence-electron chi connectivity index (χ4n) is 4.79. The zero-order valence-electron chi connectivity index (χ0n) is 17.8. The molecule has 3 heterocycles. The molecule has 1 aromatic rings. The average molecular weight is 388 g/mol. The molecule has 0 bridgehead atoms. The van der Waals surface area contributed by atoms with Crippen LogP contribution in [0.2, 0.25) is 0 Å². The molecule has 1 amide bonds. The Kier molecular flexibility index (Phi) is 5.02. The normalized spacial score (nSPS) is 25.8. The van der Waals surface area contributed by atoms with E-state index in [4.69, 9.17) is 14.5 Å². The molecule has 3 atom stereocenters. The fourth-order valence-corrected chi connectivity index (χ4v) is 4.79. The molecule has 2 fully saturated rings. The van der Waals surface area contributed by atoms with Gasteiger partial charge in [0.15, 0.2) is 0 Å². The molecule has 1 saturated heterocycles. The summed E-state index contributed by atoms with van der Waals surface area (Å²) in [5, 5.41) is 0. The second kappa shape index (κ2) is 7.21. The Morgan fingerprint density at radius 3 is 2.61 bits per heavy atom. The molecule has 0 radical (unpaired) electrons. The molecule has 1 aromatic heterocycles. The third-order valence-electron chi connectivity index (χ3n) is 6.24. The molecule has 2 aliphatic heterocycles. The highest BCUT2D eigenvalue weighted by Crippen LogP contribution is 2.41. The molecule has 0 spiro atoms. The van der Waals surface area contributed by atoms with E-state index < -0.39 is 5.60 Å². The van der Waals surface area contributed by atoms with E-state index in [0.717, 1.165) is 17.9 Å². The van der Waals surface area contributed by atoms with Crippen LogP contribution in [-0.2, 0) is 15.9 Å². The number of anilines is 1. The zero-order chi connectivity index (χ0) is 20.1. The van der Waals surface area contributed by atoms with Crippen LogP contribution in [0, 0.1) is 5.92 Å². The number of pyridine rings is 1. The van der Waals surface area contributed by atoms with E-state index in [9.17, 15) is 4.79 Å². The summed E-state index contributed by atoms with van der Waals surface area (Å²) in [6.07, 6.45) is 4.55. The van der Waals surface area contributed by atoms with Crippen LogP contribution in [0.1, 0.15) is 64.3 Å². The minimum Gasteiger partial charge on any atom is -0.444 e. The molecule has 154 valence electrons. The van der Waals surface area contributed by atoms with Crippen molar-refractivity contribution < 1.29 is 14.3 Å². The van der Waals surface area contributed by atoms with Gasteiger partial charge in [-0.15, -0.1) is 0 Å². The first-order valence-corrected chi connectivity index (χ1v) is 10.6. The molecule has 28 heavy (non-hydrogen) atoms. The van der Waals surface area contributed by atoms with Gasteiger partial charge in [-0.1, -0.05) is 12.5 Å². The highest BCUT2D eigenvalue weighted by Gasteiger charge is 2.42. The Balaban J connectivity index is 1.52. The van der Waals surface area contributed by atoms with Crippen LogP contribution in [0.4, 0.5) is 10.6 Å². The van der Waals surface area contributed by atoms with Crippen LogP contribution >= 0.6 is 0 Å². The summed E-state index contributed by atoms with van der Waals surface area (Å²) in [6.45, 7) is 9.25. The molecule has 0 N–H and O–H groups in total. The van der Waals surface area contributed by atoms with E-state index in [1.807, 2.05) is 25.7 Å². The van der Waals surface area contributed by atoms with Gasteiger partial charge in [0.2, 0.25) is 0 Å². The third-order valence-corrected chi connectivity index (χ3v) is 6.24. The first-order chi connectivity index (χ1) is 13.3. The maximum absolute atomic E-state index is 12.6. The van der Waals surface area contributed by atoms with Crippen molar-refractivity contribution in [3.8, 4) is 0 Å². The van der Waals surface area contributed by atoms with Crippen molar-refractivity contribution in [3.63, 3.8) is 0 Å². The van der Waals surface area contributed by atoms with Gasteiger partial charge in [-0.05, 0) is 64.5 Å². The number of aromatic nitrogens is 1. The molecular weight excluding hydrogens is 354 g/mol. The summed E-state index contributed by atoms with van der Waals surface area (Å²) < 4.78 is 11.4. The maximum atomic E-state index is 12.6. The van der Waals surface area contributed by atoms with Crippen LogP contribution in [0.15, 0.2) is 12.1 Å². The Labute approximate surface area is 168 Å². The number of carbonyl (C=O) groups is 1. The third kappa shape index (κ3) is 3.59. The first kappa shape index (κ1) is 19.5. The molecule has 0 aromatic carbocycles. The van der Waals surface area contributed by atoms with Gasteiger partial charge in [-0.2, -0.15) is 0 Å². The number of carbonyl (C=O) groups excluding carboxylic acids is 1. The van der Waals surface area contributed by atoms with E-state index in [-0.39, 0.29) is 24.3 Å². The molecule has 1 aliphatic carbocycles. The van der Waals surface area contributed by atoms with Crippen LogP contribution in [0.3, 0.4) is 0 Å². The lowest BCUT2D eigenvalue weighted by Gasteiger charge is -2.43. The molecule has 1 saturated carbocycles. The lowest BCUT2D eigenvalue weighted by Crippen LogP contribution is -2.58. The van der Waals surface area contributed by atoms with Crippen molar-refractivity contribution in [1.82, 2.24) is 9.88 Å². The van der Waals surface area contributed by atoms with Gasteiger partial charge in [0.05, 0.1) is 11.7 Å². The van der Waals surface area contributed by atoms with Crippen molar-refractivity contribution in [2.75, 3.05) is 25.1 Å². The summed E-state index contributed by atoms with van der Waals surface area (Å²) in [4.78, 5) is 21.9. The number of nitrogens with zero attached hydrogens (tertiary/aromatic N) is 3. The lowest BCUT2D eigenvalue weighted by atomic mass is 9.80. The summed E-state index contributed by atoms with van der Waals surface area (Å²) in [6, 6.07) is 4.82. The largest absolute Gasteiger partial charge is 0.444 e. The Hall–Kier alpha value is -1.82. The SMILES string of the molecule is COC(c1ccc2c(n1)N1[C@H](C2)CN(C(=O)OC(C)(C)C)C[C@H]1C)C1CCC1. The van der Waals surface area contributed by atoms with E-state index in [1.165, 1.54) is 24.8 Å². The molecule has 6 nitrogen and oxygen atoms in total. The number of ether oxygens (including phenoxy) is 2. The number of amides is 1. The second-order valence-corrected chi connectivity index (χ2v) is 9.57. The summed E-state index contributed by atoms with van der Waals surface area (Å²) in [5.41, 5.74) is 1.85. The standard InChI is InChI=1S/C22H33N3O3/c1-14-12-24(21(26)28-22(2,3)4)13-17-11-16-9-10-18(23-20(16)25(14)17)19(27-5)15-7-6-8-15/h9-10,14-15,17,19H,6-8,11-13H2,1-5H3/t14-,17-,19?/m1/s1. The van der Waals surface area contributed by atoms with E-state index in [0.29, 0.717) is 19.0 Å². The Morgan fingerprint density at radius 1 is 1.25 bits per heavy atom. The number of hydrogen-bond acceptors (Lipinski definition) is 5. The first-order valence-electron chi connectivity index (χ1n) is 10.6. The van der Waals surface area contributed by atoms with Crippen molar-refractivity contribution in [3.05, 3.63) is 23.4 Å². The van der Waals surface area contributed by atoms with Crippen molar-refractivity contribution in [2.24, 2.45) is 5.92 Å².